The summed E-state index contributed by atoms with van der Waals surface area (Å²) in [6.07, 6.45) is 6.70. The SMILES string of the molecule is CC.CCOC(=O)c1ccc(NC(=O)N2Cc3c(sc4c3CCCC4)-n3cccc3C2c2ccc(N(C)C)cc2)cc1. The molecule has 2 amide bonds. The lowest BCUT2D eigenvalue weighted by atomic mass is 9.95. The van der Waals surface area contributed by atoms with Crippen molar-refractivity contribution in [2.24, 2.45) is 0 Å². The van der Waals surface area contributed by atoms with Gasteiger partial charge < -0.3 is 24.4 Å². The number of thiophene rings is 1. The fraction of sp³-hybridized carbons (Fsp3) is 0.353. The van der Waals surface area contributed by atoms with Crippen LogP contribution in [0.2, 0.25) is 0 Å². The lowest BCUT2D eigenvalue weighted by Crippen LogP contribution is -2.38. The van der Waals surface area contributed by atoms with Crippen molar-refractivity contribution in [3.05, 3.63) is 99.7 Å². The minimum atomic E-state index is -0.371. The Hall–Kier alpha value is -4.04. The van der Waals surface area contributed by atoms with Crippen LogP contribution in [0, 0.1) is 0 Å². The Bertz CT molecular complexity index is 1540. The summed E-state index contributed by atoms with van der Waals surface area (Å²) in [7, 11) is 4.06. The van der Waals surface area contributed by atoms with E-state index in [1.165, 1.54) is 33.8 Å². The molecule has 2 aromatic carbocycles. The Morgan fingerprint density at radius 3 is 2.38 bits per heavy atom. The fourth-order valence-corrected chi connectivity index (χ4v) is 7.20. The maximum absolute atomic E-state index is 14.1. The molecule has 1 N–H and O–H groups in total. The molecule has 4 aromatic rings. The summed E-state index contributed by atoms with van der Waals surface area (Å²) < 4.78 is 7.40. The van der Waals surface area contributed by atoms with E-state index in [-0.39, 0.29) is 18.0 Å². The molecule has 3 heterocycles. The number of nitrogens with zero attached hydrogens (tertiary/aromatic N) is 3. The van der Waals surface area contributed by atoms with Crippen molar-refractivity contribution in [1.82, 2.24) is 9.47 Å². The second-order valence-electron chi connectivity index (χ2n) is 10.5. The zero-order valence-corrected chi connectivity index (χ0v) is 26.0. The minimum absolute atomic E-state index is 0.179. The second-order valence-corrected chi connectivity index (χ2v) is 11.6. The molecule has 0 radical (unpaired) electrons. The van der Waals surface area contributed by atoms with E-state index in [4.69, 9.17) is 4.74 Å². The van der Waals surface area contributed by atoms with Crippen molar-refractivity contribution in [2.45, 2.75) is 59.0 Å². The number of anilines is 2. The largest absolute Gasteiger partial charge is 0.462 e. The number of fused-ring (bicyclic) bond motifs is 5. The summed E-state index contributed by atoms with van der Waals surface area (Å²) in [6, 6.07) is 19.1. The second kappa shape index (κ2) is 12.9. The number of amides is 2. The van der Waals surface area contributed by atoms with Crippen LogP contribution in [0.3, 0.4) is 0 Å². The Labute approximate surface area is 252 Å². The van der Waals surface area contributed by atoms with Gasteiger partial charge in [0.05, 0.1) is 30.5 Å². The number of nitrogens with one attached hydrogen (secondary N) is 1. The molecule has 1 aliphatic carbocycles. The predicted molar refractivity (Wildman–Crippen MR) is 171 cm³/mol. The summed E-state index contributed by atoms with van der Waals surface area (Å²) in [5.41, 5.74) is 7.01. The van der Waals surface area contributed by atoms with Crippen molar-refractivity contribution in [3.8, 4) is 5.00 Å². The molecular weight excluding hydrogens is 544 g/mol. The molecule has 1 atom stereocenters. The van der Waals surface area contributed by atoms with E-state index in [0.717, 1.165) is 29.8 Å². The van der Waals surface area contributed by atoms with E-state index in [9.17, 15) is 9.59 Å². The smallest absolute Gasteiger partial charge is 0.338 e. The van der Waals surface area contributed by atoms with Gasteiger partial charge in [0, 0.05) is 42.1 Å². The van der Waals surface area contributed by atoms with E-state index in [2.05, 4.69) is 57.4 Å². The number of aryl methyl sites for hydroxylation is 1. The zero-order valence-electron chi connectivity index (χ0n) is 25.1. The summed E-state index contributed by atoms with van der Waals surface area (Å²) in [5.74, 6) is -0.371. The molecule has 6 rings (SSSR count). The van der Waals surface area contributed by atoms with E-state index in [1.807, 2.05) is 44.2 Å². The maximum Gasteiger partial charge on any atom is 0.338 e. The molecule has 220 valence electrons. The van der Waals surface area contributed by atoms with Gasteiger partial charge >= 0.3 is 12.0 Å². The minimum Gasteiger partial charge on any atom is -0.462 e. The van der Waals surface area contributed by atoms with Gasteiger partial charge in [-0.15, -0.1) is 11.3 Å². The Morgan fingerprint density at radius 1 is 0.976 bits per heavy atom. The molecule has 0 saturated heterocycles. The van der Waals surface area contributed by atoms with Crippen LogP contribution in [0.25, 0.3) is 5.00 Å². The van der Waals surface area contributed by atoms with E-state index in [0.29, 0.717) is 24.4 Å². The van der Waals surface area contributed by atoms with Crippen LogP contribution >= 0.6 is 11.3 Å². The number of carbonyl (C=O) groups is 2. The lowest BCUT2D eigenvalue weighted by Gasteiger charge is -2.31. The van der Waals surface area contributed by atoms with Crippen molar-refractivity contribution in [2.75, 3.05) is 30.9 Å². The molecule has 0 fully saturated rings. The molecule has 0 spiro atoms. The number of carbonyl (C=O) groups excluding carboxylic acids is 2. The number of hydrogen-bond acceptors (Lipinski definition) is 5. The Kier molecular flexibility index (Phi) is 9.02. The topological polar surface area (TPSA) is 66.8 Å². The molecule has 0 saturated carbocycles. The molecule has 42 heavy (non-hydrogen) atoms. The number of aromatic nitrogens is 1. The average molecular weight is 585 g/mol. The van der Waals surface area contributed by atoms with Gasteiger partial charge in [-0.3, -0.25) is 0 Å². The standard InChI is InChI=1S/C32H34N4O3S.C2H6/c1-4-39-31(37)22-11-15-23(16-12-22)33-32(38)36-20-26-25-8-5-6-10-28(25)40-30(26)35-19-7-9-27(35)29(36)21-13-17-24(18-14-21)34(2)3;1-2/h7,9,11-19,29H,4-6,8,10,20H2,1-3H3,(H,33,38);1-2H3. The summed E-state index contributed by atoms with van der Waals surface area (Å²) in [6.45, 7) is 6.62. The zero-order chi connectivity index (χ0) is 29.8. The third kappa shape index (κ3) is 5.68. The maximum atomic E-state index is 14.1. The van der Waals surface area contributed by atoms with Crippen LogP contribution in [0.5, 0.6) is 0 Å². The Balaban J connectivity index is 0.00000173. The highest BCUT2D eigenvalue weighted by Gasteiger charge is 2.36. The van der Waals surface area contributed by atoms with Crippen molar-refractivity contribution in [1.29, 1.82) is 0 Å². The van der Waals surface area contributed by atoms with E-state index < -0.39 is 0 Å². The normalized spacial score (nSPS) is 15.3. The number of benzene rings is 2. The summed E-state index contributed by atoms with van der Waals surface area (Å²) in [4.78, 5) is 31.7. The quantitative estimate of drug-likeness (QED) is 0.243. The van der Waals surface area contributed by atoms with E-state index in [1.54, 1.807) is 31.2 Å². The molecule has 8 heteroatoms. The Morgan fingerprint density at radius 2 is 1.69 bits per heavy atom. The summed E-state index contributed by atoms with van der Waals surface area (Å²) in [5, 5.41) is 4.35. The predicted octanol–water partition coefficient (Wildman–Crippen LogP) is 7.82. The first kappa shape index (κ1) is 29.5. The summed E-state index contributed by atoms with van der Waals surface area (Å²) >= 11 is 1.88. The third-order valence-corrected chi connectivity index (χ3v) is 9.15. The van der Waals surface area contributed by atoms with Gasteiger partial charge in [0.1, 0.15) is 5.00 Å². The van der Waals surface area contributed by atoms with Crippen molar-refractivity contribution >= 4 is 34.7 Å². The highest BCUT2D eigenvalue weighted by atomic mass is 32.1. The first-order valence-corrected chi connectivity index (χ1v) is 15.7. The number of urea groups is 1. The van der Waals surface area contributed by atoms with Crippen LogP contribution in [0.4, 0.5) is 16.2 Å². The van der Waals surface area contributed by atoms with Gasteiger partial charge in [0.2, 0.25) is 0 Å². The van der Waals surface area contributed by atoms with Crippen LogP contribution in [0.15, 0.2) is 66.9 Å². The molecule has 7 nitrogen and oxygen atoms in total. The van der Waals surface area contributed by atoms with E-state index >= 15 is 0 Å². The van der Waals surface area contributed by atoms with Gasteiger partial charge in [-0.25, -0.2) is 9.59 Å². The number of hydrogen-bond donors (Lipinski definition) is 1. The number of esters is 1. The number of ether oxygens (including phenoxy) is 1. The van der Waals surface area contributed by atoms with Gasteiger partial charge in [0.25, 0.3) is 0 Å². The van der Waals surface area contributed by atoms with Gasteiger partial charge in [-0.05, 0) is 92.3 Å². The van der Waals surface area contributed by atoms with Gasteiger partial charge in [0.15, 0.2) is 0 Å². The monoisotopic (exact) mass is 584 g/mol. The molecule has 2 aromatic heterocycles. The van der Waals surface area contributed by atoms with Crippen LogP contribution < -0.4 is 10.2 Å². The van der Waals surface area contributed by atoms with Crippen molar-refractivity contribution in [3.63, 3.8) is 0 Å². The lowest BCUT2D eigenvalue weighted by molar-refractivity contribution is 0.0526. The third-order valence-electron chi connectivity index (χ3n) is 7.81. The highest BCUT2D eigenvalue weighted by Crippen LogP contribution is 2.44. The fourth-order valence-electron chi connectivity index (χ4n) is 5.79. The van der Waals surface area contributed by atoms with Gasteiger partial charge in [-0.1, -0.05) is 26.0 Å². The molecule has 1 aliphatic heterocycles. The first-order chi connectivity index (χ1) is 20.4. The number of rotatable bonds is 5. The van der Waals surface area contributed by atoms with Gasteiger partial charge in [-0.2, -0.15) is 0 Å². The molecular formula is C34H40N4O3S. The van der Waals surface area contributed by atoms with Crippen LogP contribution in [0.1, 0.15) is 77.3 Å². The molecule has 0 bridgehead atoms. The molecule has 1 unspecified atom stereocenters. The van der Waals surface area contributed by atoms with Crippen molar-refractivity contribution < 1.29 is 14.3 Å². The molecule has 2 aliphatic rings. The van der Waals surface area contributed by atoms with Crippen LogP contribution in [-0.2, 0) is 24.1 Å². The average Bonchev–Trinajstić information content (AvgIpc) is 3.60. The highest BCUT2D eigenvalue weighted by molar-refractivity contribution is 7.15. The first-order valence-electron chi connectivity index (χ1n) is 14.9. The van der Waals surface area contributed by atoms with Crippen LogP contribution in [-0.4, -0.2) is 42.2 Å².